The van der Waals surface area contributed by atoms with Crippen LogP contribution in [0.25, 0.3) is 0 Å². The minimum absolute atomic E-state index is 0.00777. The largest absolute Gasteiger partial charge is 0.493 e. The lowest BCUT2D eigenvalue weighted by Gasteiger charge is -2.28. The van der Waals surface area contributed by atoms with Gasteiger partial charge < -0.3 is 20.5 Å². The van der Waals surface area contributed by atoms with Gasteiger partial charge in [-0.15, -0.1) is 0 Å². The third-order valence-corrected chi connectivity index (χ3v) is 3.88. The van der Waals surface area contributed by atoms with Crippen molar-refractivity contribution in [1.29, 1.82) is 0 Å². The summed E-state index contributed by atoms with van der Waals surface area (Å²) in [6.07, 6.45) is 4.47. The molecule has 0 radical (unpaired) electrons. The van der Waals surface area contributed by atoms with Crippen LogP contribution in [0.15, 0.2) is 12.1 Å². The molecule has 0 bridgehead atoms. The zero-order valence-corrected chi connectivity index (χ0v) is 13.6. The molecular formula is C17H24N2O4. The normalized spacial score (nSPS) is 16.3. The quantitative estimate of drug-likeness (QED) is 0.638. The minimum Gasteiger partial charge on any atom is -0.493 e. The second-order valence-corrected chi connectivity index (χ2v) is 5.70. The van der Waals surface area contributed by atoms with Crippen LogP contribution in [0, 0.1) is 0 Å². The molecule has 0 fully saturated rings. The first-order valence-electron chi connectivity index (χ1n) is 8.19. The second kappa shape index (κ2) is 7.85. The average molecular weight is 320 g/mol. The molecule has 126 valence electrons. The van der Waals surface area contributed by atoms with E-state index in [0.717, 1.165) is 32.1 Å². The minimum atomic E-state index is -1.11. The SMILES string of the molecule is CCCCOc1ccc2c(c1C(=O)O)NC(=O)C(CCCC)N2. The van der Waals surface area contributed by atoms with Crippen LogP contribution in [0.1, 0.15) is 56.3 Å². The molecule has 23 heavy (non-hydrogen) atoms. The fraction of sp³-hybridized carbons (Fsp3) is 0.529. The second-order valence-electron chi connectivity index (χ2n) is 5.70. The molecule has 6 heteroatoms. The van der Waals surface area contributed by atoms with Gasteiger partial charge in [0.25, 0.3) is 0 Å². The fourth-order valence-corrected chi connectivity index (χ4v) is 2.57. The first-order valence-corrected chi connectivity index (χ1v) is 8.19. The van der Waals surface area contributed by atoms with Gasteiger partial charge in [0.2, 0.25) is 5.91 Å². The topological polar surface area (TPSA) is 87.7 Å². The highest BCUT2D eigenvalue weighted by molar-refractivity contribution is 6.10. The molecule has 0 spiro atoms. The molecule has 1 atom stereocenters. The number of fused-ring (bicyclic) bond motifs is 1. The summed E-state index contributed by atoms with van der Waals surface area (Å²) in [6, 6.07) is 3.09. The number of carbonyl (C=O) groups is 2. The van der Waals surface area contributed by atoms with Gasteiger partial charge in [-0.3, -0.25) is 4.79 Å². The van der Waals surface area contributed by atoms with Crippen molar-refractivity contribution >= 4 is 23.3 Å². The summed E-state index contributed by atoms with van der Waals surface area (Å²) < 4.78 is 5.57. The Morgan fingerprint density at radius 1 is 1.26 bits per heavy atom. The van der Waals surface area contributed by atoms with Crippen molar-refractivity contribution in [2.75, 3.05) is 17.2 Å². The maximum Gasteiger partial charge on any atom is 0.341 e. The number of amides is 1. The van der Waals surface area contributed by atoms with Crippen LogP contribution < -0.4 is 15.4 Å². The molecule has 1 aliphatic rings. The van der Waals surface area contributed by atoms with Crippen molar-refractivity contribution < 1.29 is 19.4 Å². The zero-order chi connectivity index (χ0) is 16.8. The molecule has 1 aromatic carbocycles. The highest BCUT2D eigenvalue weighted by Crippen LogP contribution is 2.37. The molecule has 1 heterocycles. The molecule has 0 aliphatic carbocycles. The molecule has 6 nitrogen and oxygen atoms in total. The predicted molar refractivity (Wildman–Crippen MR) is 89.4 cm³/mol. The van der Waals surface area contributed by atoms with E-state index >= 15 is 0 Å². The first kappa shape index (κ1) is 17.1. The first-order chi connectivity index (χ1) is 11.1. The predicted octanol–water partition coefficient (Wildman–Crippen LogP) is 3.49. The van der Waals surface area contributed by atoms with Gasteiger partial charge in [-0.2, -0.15) is 0 Å². The molecule has 1 amide bonds. The monoisotopic (exact) mass is 320 g/mol. The number of carboxylic acid groups (broad SMARTS) is 1. The number of carbonyl (C=O) groups excluding carboxylic acids is 1. The summed E-state index contributed by atoms with van der Waals surface area (Å²) in [7, 11) is 0. The Bertz CT molecular complexity index is 586. The highest BCUT2D eigenvalue weighted by Gasteiger charge is 2.30. The van der Waals surface area contributed by atoms with Crippen LogP contribution in [0.3, 0.4) is 0 Å². The summed E-state index contributed by atoms with van der Waals surface area (Å²) in [5.74, 6) is -1.01. The maximum absolute atomic E-state index is 12.2. The highest BCUT2D eigenvalue weighted by atomic mass is 16.5. The van der Waals surface area contributed by atoms with E-state index in [0.29, 0.717) is 23.7 Å². The van der Waals surface area contributed by atoms with Crippen molar-refractivity contribution in [3.63, 3.8) is 0 Å². The molecule has 1 aliphatic heterocycles. The standard InChI is InChI=1S/C17H24N2O4/c1-3-5-7-12-16(20)19-15-11(18-12)8-9-13(14(15)17(21)22)23-10-6-4-2/h8-9,12,18H,3-7,10H2,1-2H3,(H,19,20)(H,21,22). The van der Waals surface area contributed by atoms with E-state index in [1.54, 1.807) is 12.1 Å². The lowest BCUT2D eigenvalue weighted by atomic mass is 10.0. The lowest BCUT2D eigenvalue weighted by molar-refractivity contribution is -0.117. The Morgan fingerprint density at radius 2 is 2.00 bits per heavy atom. The van der Waals surface area contributed by atoms with E-state index in [-0.39, 0.29) is 17.5 Å². The maximum atomic E-state index is 12.2. The van der Waals surface area contributed by atoms with E-state index in [1.807, 2.05) is 6.92 Å². The number of unbranched alkanes of at least 4 members (excludes halogenated alkanes) is 2. The Hall–Kier alpha value is -2.24. The van der Waals surface area contributed by atoms with Gasteiger partial charge in [0.05, 0.1) is 18.0 Å². The van der Waals surface area contributed by atoms with Crippen molar-refractivity contribution in [3.8, 4) is 5.75 Å². The molecule has 3 N–H and O–H groups in total. The summed E-state index contributed by atoms with van der Waals surface area (Å²) in [6.45, 7) is 4.56. The van der Waals surface area contributed by atoms with Crippen LogP contribution in [0.4, 0.5) is 11.4 Å². The number of carboxylic acids is 1. The van der Waals surface area contributed by atoms with Crippen molar-refractivity contribution in [1.82, 2.24) is 0 Å². The third-order valence-electron chi connectivity index (χ3n) is 3.88. The number of hydrogen-bond acceptors (Lipinski definition) is 4. The van der Waals surface area contributed by atoms with Gasteiger partial charge >= 0.3 is 5.97 Å². The van der Waals surface area contributed by atoms with Gasteiger partial charge in [-0.1, -0.05) is 33.1 Å². The Labute approximate surface area is 136 Å². The third kappa shape index (κ3) is 3.94. The molecule has 1 unspecified atom stereocenters. The molecule has 0 saturated heterocycles. The van der Waals surface area contributed by atoms with Gasteiger partial charge in [-0.25, -0.2) is 4.79 Å². The van der Waals surface area contributed by atoms with Gasteiger partial charge in [0.15, 0.2) is 0 Å². The average Bonchev–Trinajstić information content (AvgIpc) is 2.52. The van der Waals surface area contributed by atoms with Crippen LogP contribution >= 0.6 is 0 Å². The number of aromatic carboxylic acids is 1. The Balaban J connectivity index is 2.28. The number of benzene rings is 1. The summed E-state index contributed by atoms with van der Waals surface area (Å²) >= 11 is 0. The Morgan fingerprint density at radius 3 is 2.65 bits per heavy atom. The zero-order valence-electron chi connectivity index (χ0n) is 13.6. The van der Waals surface area contributed by atoms with Gasteiger partial charge in [0, 0.05) is 0 Å². The van der Waals surface area contributed by atoms with Crippen LogP contribution in [-0.2, 0) is 4.79 Å². The van der Waals surface area contributed by atoms with E-state index in [1.165, 1.54) is 0 Å². The van der Waals surface area contributed by atoms with E-state index in [4.69, 9.17) is 4.74 Å². The summed E-state index contributed by atoms with van der Waals surface area (Å²) in [5.41, 5.74) is 0.934. The smallest absolute Gasteiger partial charge is 0.341 e. The fourth-order valence-electron chi connectivity index (χ4n) is 2.57. The molecular weight excluding hydrogens is 296 g/mol. The molecule has 1 aromatic rings. The van der Waals surface area contributed by atoms with E-state index in [2.05, 4.69) is 17.6 Å². The lowest BCUT2D eigenvalue weighted by Crippen LogP contribution is -2.39. The van der Waals surface area contributed by atoms with Crippen LogP contribution in [-0.4, -0.2) is 29.6 Å². The van der Waals surface area contributed by atoms with Gasteiger partial charge in [-0.05, 0) is 25.0 Å². The van der Waals surface area contributed by atoms with E-state index in [9.17, 15) is 14.7 Å². The van der Waals surface area contributed by atoms with Crippen molar-refractivity contribution in [3.05, 3.63) is 17.7 Å². The number of nitrogens with one attached hydrogen (secondary N) is 2. The van der Waals surface area contributed by atoms with Gasteiger partial charge in [0.1, 0.15) is 17.4 Å². The summed E-state index contributed by atoms with van der Waals surface area (Å²) in [5, 5.41) is 15.4. The molecule has 0 aromatic heterocycles. The Kier molecular flexibility index (Phi) is 5.84. The van der Waals surface area contributed by atoms with Crippen molar-refractivity contribution in [2.24, 2.45) is 0 Å². The molecule has 2 rings (SSSR count). The molecule has 0 saturated carbocycles. The summed E-state index contributed by atoms with van der Waals surface area (Å²) in [4.78, 5) is 23.8. The number of rotatable bonds is 8. The van der Waals surface area contributed by atoms with Crippen molar-refractivity contribution in [2.45, 2.75) is 52.0 Å². The van der Waals surface area contributed by atoms with Crippen LogP contribution in [0.2, 0.25) is 0 Å². The van der Waals surface area contributed by atoms with Crippen LogP contribution in [0.5, 0.6) is 5.75 Å². The number of ether oxygens (including phenoxy) is 1. The number of anilines is 2. The number of hydrogen-bond donors (Lipinski definition) is 3. The van der Waals surface area contributed by atoms with E-state index < -0.39 is 5.97 Å².